The highest BCUT2D eigenvalue weighted by atomic mass is 35.5. The van der Waals surface area contributed by atoms with Gasteiger partial charge in [-0.25, -0.2) is 4.98 Å². The van der Waals surface area contributed by atoms with Crippen LogP contribution >= 0.6 is 23.2 Å². The predicted octanol–water partition coefficient (Wildman–Crippen LogP) is 1.92. The predicted molar refractivity (Wildman–Crippen MR) is 32.0 cm³/mol. The van der Waals surface area contributed by atoms with Gasteiger partial charge in [0.2, 0.25) is 11.2 Å². The topological polar surface area (TPSA) is 25.8 Å². The lowest BCUT2D eigenvalue weighted by Gasteiger charge is -1.89. The van der Waals surface area contributed by atoms with E-state index in [1.807, 2.05) is 0 Å². The minimum absolute atomic E-state index is 0.126. The summed E-state index contributed by atoms with van der Waals surface area (Å²) in [6.07, 6.45) is 1.10. The van der Waals surface area contributed by atoms with Gasteiger partial charge >= 0.3 is 0 Å². The van der Waals surface area contributed by atoms with E-state index in [0.29, 0.717) is 0 Å². The van der Waals surface area contributed by atoms with Crippen molar-refractivity contribution in [2.75, 3.05) is 0 Å². The minimum Gasteiger partial charge on any atom is -0.225 e. The average molecular weight is 167 g/mol. The third-order valence-corrected chi connectivity index (χ3v) is 1.11. The molecule has 48 valence electrons. The van der Waals surface area contributed by atoms with Crippen LogP contribution in [0.2, 0.25) is 10.3 Å². The highest BCUT2D eigenvalue weighted by molar-refractivity contribution is 6.31. The third kappa shape index (κ3) is 1.50. The van der Waals surface area contributed by atoms with Gasteiger partial charge in [-0.1, -0.05) is 11.6 Å². The van der Waals surface area contributed by atoms with Gasteiger partial charge < -0.3 is 0 Å². The minimum atomic E-state index is -0.795. The Morgan fingerprint density at radius 3 is 2.56 bits per heavy atom. The monoisotopic (exact) mass is 166 g/mol. The summed E-state index contributed by atoms with van der Waals surface area (Å²) in [5, 5.41) is -0.267. The lowest BCUT2D eigenvalue weighted by atomic mass is 10.7. The molecule has 0 radical (unpaired) electrons. The molecule has 0 aliphatic carbocycles. The summed E-state index contributed by atoms with van der Waals surface area (Å²) in [5.74, 6) is -0.795. The summed E-state index contributed by atoms with van der Waals surface area (Å²) in [6, 6.07) is 0. The lowest BCUT2D eigenvalue weighted by Crippen LogP contribution is -1.86. The smallest absolute Gasteiger partial charge is 0.225 e. The maximum Gasteiger partial charge on any atom is 0.236 e. The average Bonchev–Trinajstić information content (AvgIpc) is 1.80. The Morgan fingerprint density at radius 1 is 1.44 bits per heavy atom. The Balaban J connectivity index is 3.17. The molecule has 0 spiro atoms. The van der Waals surface area contributed by atoms with Crippen molar-refractivity contribution in [2.45, 2.75) is 0 Å². The number of nitrogens with zero attached hydrogens (tertiary/aromatic N) is 2. The van der Waals surface area contributed by atoms with Gasteiger partial charge in [0.05, 0.1) is 6.20 Å². The maximum atomic E-state index is 12.2. The molecule has 0 atom stereocenters. The molecule has 2 nitrogen and oxygen atoms in total. The molecule has 1 aromatic heterocycles. The second-order valence-electron chi connectivity index (χ2n) is 1.28. The first-order valence-corrected chi connectivity index (χ1v) is 2.79. The van der Waals surface area contributed by atoms with Gasteiger partial charge in [0.15, 0.2) is 0 Å². The fourth-order valence-corrected chi connectivity index (χ4v) is 0.541. The molecule has 0 saturated carbocycles. The SMILES string of the molecule is Fc1nc(Cl)ncc1Cl. The zero-order valence-corrected chi connectivity index (χ0v) is 5.62. The molecular weight excluding hydrogens is 166 g/mol. The van der Waals surface area contributed by atoms with Crippen LogP contribution in [0.25, 0.3) is 0 Å². The third-order valence-electron chi connectivity index (χ3n) is 0.672. The van der Waals surface area contributed by atoms with Gasteiger partial charge in [-0.15, -0.1) is 0 Å². The van der Waals surface area contributed by atoms with Crippen LogP contribution in [0.3, 0.4) is 0 Å². The van der Waals surface area contributed by atoms with Crippen molar-refractivity contribution in [1.82, 2.24) is 9.97 Å². The Bertz CT molecular complexity index is 228. The Labute approximate surface area is 60.6 Å². The van der Waals surface area contributed by atoms with Crippen LogP contribution in [0.5, 0.6) is 0 Å². The van der Waals surface area contributed by atoms with Gasteiger partial charge in [0, 0.05) is 0 Å². The van der Waals surface area contributed by atoms with Crippen molar-refractivity contribution in [3.05, 3.63) is 22.5 Å². The first kappa shape index (κ1) is 6.71. The molecule has 0 aliphatic rings. The van der Waals surface area contributed by atoms with E-state index in [0.717, 1.165) is 6.20 Å². The van der Waals surface area contributed by atoms with E-state index in [2.05, 4.69) is 9.97 Å². The molecule has 0 fully saturated rings. The first-order chi connectivity index (χ1) is 4.20. The van der Waals surface area contributed by atoms with Crippen LogP contribution in [-0.4, -0.2) is 9.97 Å². The number of hydrogen-bond acceptors (Lipinski definition) is 2. The van der Waals surface area contributed by atoms with E-state index in [1.165, 1.54) is 0 Å². The lowest BCUT2D eigenvalue weighted by molar-refractivity contribution is 0.580. The Kier molecular flexibility index (Phi) is 1.83. The van der Waals surface area contributed by atoms with Crippen LogP contribution in [-0.2, 0) is 0 Å². The standard InChI is InChI=1S/C4HCl2FN2/c5-2-1-8-4(6)9-3(2)7/h1H. The molecule has 1 aromatic rings. The molecule has 1 heterocycles. The second-order valence-corrected chi connectivity index (χ2v) is 2.02. The molecule has 0 amide bonds. The summed E-state index contributed by atoms with van der Waals surface area (Å²) < 4.78 is 12.2. The molecule has 0 saturated heterocycles. The molecular formula is C4HCl2FN2. The number of halogens is 3. The molecule has 9 heavy (non-hydrogen) atoms. The van der Waals surface area contributed by atoms with E-state index in [1.54, 1.807) is 0 Å². The van der Waals surface area contributed by atoms with Crippen molar-refractivity contribution >= 4 is 23.2 Å². The summed E-state index contributed by atoms with van der Waals surface area (Å²) in [4.78, 5) is 6.55. The Hall–Kier alpha value is -0.410. The quantitative estimate of drug-likeness (QED) is 0.435. The molecule has 0 aliphatic heterocycles. The summed E-state index contributed by atoms with van der Waals surface area (Å²) in [6.45, 7) is 0. The number of rotatable bonds is 0. The van der Waals surface area contributed by atoms with E-state index in [4.69, 9.17) is 23.2 Å². The zero-order chi connectivity index (χ0) is 6.85. The molecule has 0 aromatic carbocycles. The van der Waals surface area contributed by atoms with Gasteiger partial charge in [0.25, 0.3) is 0 Å². The van der Waals surface area contributed by atoms with E-state index in [-0.39, 0.29) is 10.3 Å². The highest BCUT2D eigenvalue weighted by Gasteiger charge is 2.00. The van der Waals surface area contributed by atoms with E-state index >= 15 is 0 Å². The number of hydrogen-bond donors (Lipinski definition) is 0. The summed E-state index contributed by atoms with van der Waals surface area (Å²) in [7, 11) is 0. The van der Waals surface area contributed by atoms with Crippen LogP contribution in [0, 0.1) is 5.95 Å². The van der Waals surface area contributed by atoms with Gasteiger partial charge in [-0.05, 0) is 11.6 Å². The van der Waals surface area contributed by atoms with Crippen molar-refractivity contribution in [3.8, 4) is 0 Å². The van der Waals surface area contributed by atoms with Crippen LogP contribution in [0.4, 0.5) is 4.39 Å². The molecule has 5 heteroatoms. The van der Waals surface area contributed by atoms with Gasteiger partial charge in [-0.2, -0.15) is 9.37 Å². The first-order valence-electron chi connectivity index (χ1n) is 2.03. The molecule has 0 N–H and O–H groups in total. The van der Waals surface area contributed by atoms with Crippen molar-refractivity contribution < 1.29 is 4.39 Å². The molecule has 1 rings (SSSR count). The second kappa shape index (κ2) is 2.45. The highest BCUT2D eigenvalue weighted by Crippen LogP contribution is 2.11. The van der Waals surface area contributed by atoms with E-state index in [9.17, 15) is 4.39 Å². The van der Waals surface area contributed by atoms with Crippen LogP contribution in [0.15, 0.2) is 6.20 Å². The molecule has 0 bridgehead atoms. The largest absolute Gasteiger partial charge is 0.236 e. The fraction of sp³-hybridized carbons (Fsp3) is 0. The van der Waals surface area contributed by atoms with Gasteiger partial charge in [-0.3, -0.25) is 0 Å². The van der Waals surface area contributed by atoms with Crippen LogP contribution in [0.1, 0.15) is 0 Å². The summed E-state index contributed by atoms with van der Waals surface area (Å²) in [5.41, 5.74) is 0. The number of aromatic nitrogens is 2. The zero-order valence-electron chi connectivity index (χ0n) is 4.11. The summed E-state index contributed by atoms with van der Waals surface area (Å²) >= 11 is 10.4. The van der Waals surface area contributed by atoms with Crippen LogP contribution < -0.4 is 0 Å². The molecule has 0 unspecified atom stereocenters. The maximum absolute atomic E-state index is 12.2. The van der Waals surface area contributed by atoms with Crippen molar-refractivity contribution in [1.29, 1.82) is 0 Å². The van der Waals surface area contributed by atoms with E-state index < -0.39 is 5.95 Å². The fourth-order valence-electron chi connectivity index (χ4n) is 0.326. The normalized spacial score (nSPS) is 9.67. The van der Waals surface area contributed by atoms with Crippen molar-refractivity contribution in [3.63, 3.8) is 0 Å². The van der Waals surface area contributed by atoms with Gasteiger partial charge in [0.1, 0.15) is 5.02 Å². The Morgan fingerprint density at radius 2 is 2.11 bits per heavy atom. The van der Waals surface area contributed by atoms with Crippen molar-refractivity contribution in [2.24, 2.45) is 0 Å².